The maximum absolute atomic E-state index is 14.4. The number of halogens is 1. The molecule has 2 heteroatoms. The van der Waals surface area contributed by atoms with Crippen LogP contribution in [0.15, 0.2) is 12.1 Å². The summed E-state index contributed by atoms with van der Waals surface area (Å²) in [6.45, 7) is 7.00. The van der Waals surface area contributed by atoms with E-state index in [1.807, 2.05) is 13.8 Å². The maximum Gasteiger partial charge on any atom is 0.128 e. The lowest BCUT2D eigenvalue weighted by molar-refractivity contribution is 0.313. The van der Waals surface area contributed by atoms with Gasteiger partial charge >= 0.3 is 0 Å². The lowest BCUT2D eigenvalue weighted by atomic mass is 9.84. The van der Waals surface area contributed by atoms with E-state index in [2.05, 4.69) is 18.3 Å². The van der Waals surface area contributed by atoms with Gasteiger partial charge in [0.15, 0.2) is 0 Å². The van der Waals surface area contributed by atoms with Crippen molar-refractivity contribution >= 4 is 0 Å². The normalized spacial score (nSPS) is 17.9. The highest BCUT2D eigenvalue weighted by Crippen LogP contribution is 2.32. The van der Waals surface area contributed by atoms with Crippen molar-refractivity contribution in [2.45, 2.75) is 71.8 Å². The summed E-state index contributed by atoms with van der Waals surface area (Å²) in [6, 6.07) is 3.94. The standard InChI is InChI=1S/C19H30FN/c1-4-21-18(11-10-16-8-6-5-7-9-16)19-15(3)12-14(2)13-17(19)20/h12-13,16,18,21H,4-11H2,1-3H3. The van der Waals surface area contributed by atoms with Crippen LogP contribution in [0.25, 0.3) is 0 Å². The zero-order valence-corrected chi connectivity index (χ0v) is 13.8. The molecule has 0 spiro atoms. The second-order valence-corrected chi connectivity index (χ2v) is 6.67. The predicted octanol–water partition coefficient (Wildman–Crippen LogP) is 5.45. The predicted molar refractivity (Wildman–Crippen MR) is 88.1 cm³/mol. The smallest absolute Gasteiger partial charge is 0.128 e. The van der Waals surface area contributed by atoms with Crippen molar-refractivity contribution in [1.82, 2.24) is 5.32 Å². The van der Waals surface area contributed by atoms with Crippen molar-refractivity contribution in [1.29, 1.82) is 0 Å². The van der Waals surface area contributed by atoms with Gasteiger partial charge in [-0.05, 0) is 56.3 Å². The Morgan fingerprint density at radius 2 is 1.90 bits per heavy atom. The fourth-order valence-corrected chi connectivity index (χ4v) is 3.84. The van der Waals surface area contributed by atoms with Gasteiger partial charge in [-0.1, -0.05) is 45.1 Å². The third-order valence-electron chi connectivity index (χ3n) is 4.87. The van der Waals surface area contributed by atoms with E-state index in [-0.39, 0.29) is 11.9 Å². The summed E-state index contributed by atoms with van der Waals surface area (Å²) in [5.74, 6) is 0.816. The molecule has 0 saturated heterocycles. The summed E-state index contributed by atoms with van der Waals surface area (Å²) >= 11 is 0. The minimum Gasteiger partial charge on any atom is -0.310 e. The quantitative estimate of drug-likeness (QED) is 0.734. The van der Waals surface area contributed by atoms with Gasteiger partial charge in [-0.25, -0.2) is 4.39 Å². The molecule has 0 amide bonds. The highest BCUT2D eigenvalue weighted by molar-refractivity contribution is 5.34. The molecule has 1 saturated carbocycles. The van der Waals surface area contributed by atoms with Crippen molar-refractivity contribution in [3.05, 3.63) is 34.6 Å². The Bertz CT molecular complexity index is 426. The lowest BCUT2D eigenvalue weighted by Gasteiger charge is -2.26. The second-order valence-electron chi connectivity index (χ2n) is 6.67. The molecule has 0 aromatic heterocycles. The fraction of sp³-hybridized carbons (Fsp3) is 0.684. The number of benzene rings is 1. The first-order valence-electron chi connectivity index (χ1n) is 8.61. The van der Waals surface area contributed by atoms with Gasteiger partial charge in [0.05, 0.1) is 0 Å². The average Bonchev–Trinajstić information content (AvgIpc) is 2.45. The molecule has 1 aliphatic rings. The van der Waals surface area contributed by atoms with Crippen LogP contribution >= 0.6 is 0 Å². The SMILES string of the molecule is CCNC(CCC1CCCCC1)c1c(C)cc(C)cc1F. The third-order valence-corrected chi connectivity index (χ3v) is 4.87. The van der Waals surface area contributed by atoms with Crippen LogP contribution in [0.2, 0.25) is 0 Å². The summed E-state index contributed by atoms with van der Waals surface area (Å²) in [6.07, 6.45) is 9.19. The van der Waals surface area contributed by atoms with Gasteiger partial charge in [0.2, 0.25) is 0 Å². The van der Waals surface area contributed by atoms with Gasteiger partial charge in [-0.2, -0.15) is 0 Å². The van der Waals surface area contributed by atoms with Crippen LogP contribution in [-0.4, -0.2) is 6.54 Å². The summed E-state index contributed by atoms with van der Waals surface area (Å²) in [7, 11) is 0. The molecule has 1 fully saturated rings. The van der Waals surface area contributed by atoms with Crippen LogP contribution in [0.4, 0.5) is 4.39 Å². The van der Waals surface area contributed by atoms with Gasteiger partial charge < -0.3 is 5.32 Å². The van der Waals surface area contributed by atoms with Crippen molar-refractivity contribution < 1.29 is 4.39 Å². The van der Waals surface area contributed by atoms with Gasteiger partial charge in [0.25, 0.3) is 0 Å². The largest absolute Gasteiger partial charge is 0.310 e. The monoisotopic (exact) mass is 291 g/mol. The zero-order chi connectivity index (χ0) is 15.2. The molecule has 1 atom stereocenters. The molecule has 1 nitrogen and oxygen atoms in total. The Hall–Kier alpha value is -0.890. The minimum atomic E-state index is -0.0397. The van der Waals surface area contributed by atoms with Crippen molar-refractivity contribution in [2.24, 2.45) is 5.92 Å². The molecular weight excluding hydrogens is 261 g/mol. The van der Waals surface area contributed by atoms with E-state index >= 15 is 0 Å². The molecular formula is C19H30FN. The first-order valence-corrected chi connectivity index (χ1v) is 8.61. The number of aryl methyl sites for hydroxylation is 2. The molecule has 1 aliphatic carbocycles. The van der Waals surface area contributed by atoms with E-state index in [0.717, 1.165) is 35.6 Å². The van der Waals surface area contributed by atoms with Gasteiger partial charge in [0.1, 0.15) is 5.82 Å². The Balaban J connectivity index is 2.07. The minimum absolute atomic E-state index is 0.0397. The van der Waals surface area contributed by atoms with Crippen LogP contribution in [0.1, 0.15) is 74.6 Å². The topological polar surface area (TPSA) is 12.0 Å². The molecule has 1 aromatic carbocycles. The number of rotatable bonds is 6. The second kappa shape index (κ2) is 7.93. The Labute approximate surface area is 129 Å². The van der Waals surface area contributed by atoms with E-state index < -0.39 is 0 Å². The molecule has 0 radical (unpaired) electrons. The van der Waals surface area contributed by atoms with E-state index in [0.29, 0.717) is 0 Å². The van der Waals surface area contributed by atoms with Crippen LogP contribution in [-0.2, 0) is 0 Å². The summed E-state index contributed by atoms with van der Waals surface area (Å²) < 4.78 is 14.4. The number of hydrogen-bond donors (Lipinski definition) is 1. The van der Waals surface area contributed by atoms with Gasteiger partial charge in [-0.3, -0.25) is 0 Å². The van der Waals surface area contributed by atoms with E-state index in [9.17, 15) is 4.39 Å². The first kappa shape index (κ1) is 16.5. The van der Waals surface area contributed by atoms with E-state index in [1.165, 1.54) is 38.5 Å². The van der Waals surface area contributed by atoms with Gasteiger partial charge in [0, 0.05) is 11.6 Å². The molecule has 21 heavy (non-hydrogen) atoms. The Morgan fingerprint density at radius 3 is 2.52 bits per heavy atom. The average molecular weight is 291 g/mol. The first-order chi connectivity index (χ1) is 10.1. The van der Waals surface area contributed by atoms with Crippen LogP contribution in [0.3, 0.4) is 0 Å². The molecule has 0 heterocycles. The summed E-state index contributed by atoms with van der Waals surface area (Å²) in [5, 5.41) is 3.50. The molecule has 0 bridgehead atoms. The number of hydrogen-bond acceptors (Lipinski definition) is 1. The summed E-state index contributed by atoms with van der Waals surface area (Å²) in [5.41, 5.74) is 2.98. The summed E-state index contributed by atoms with van der Waals surface area (Å²) in [4.78, 5) is 0. The van der Waals surface area contributed by atoms with Gasteiger partial charge in [-0.15, -0.1) is 0 Å². The molecule has 1 unspecified atom stereocenters. The Kier molecular flexibility index (Phi) is 6.22. The van der Waals surface area contributed by atoms with Crippen molar-refractivity contribution in [2.75, 3.05) is 6.54 Å². The van der Waals surface area contributed by atoms with Crippen molar-refractivity contribution in [3.63, 3.8) is 0 Å². The maximum atomic E-state index is 14.4. The number of nitrogens with one attached hydrogen (secondary N) is 1. The fourth-order valence-electron chi connectivity index (χ4n) is 3.84. The van der Waals surface area contributed by atoms with E-state index in [1.54, 1.807) is 6.07 Å². The lowest BCUT2D eigenvalue weighted by Crippen LogP contribution is -2.24. The molecule has 1 aromatic rings. The van der Waals surface area contributed by atoms with Crippen LogP contribution in [0.5, 0.6) is 0 Å². The molecule has 2 rings (SSSR count). The zero-order valence-electron chi connectivity index (χ0n) is 13.8. The third kappa shape index (κ3) is 4.54. The highest BCUT2D eigenvalue weighted by Gasteiger charge is 2.20. The van der Waals surface area contributed by atoms with Crippen LogP contribution < -0.4 is 5.32 Å². The van der Waals surface area contributed by atoms with Crippen molar-refractivity contribution in [3.8, 4) is 0 Å². The molecule has 1 N–H and O–H groups in total. The highest BCUT2D eigenvalue weighted by atomic mass is 19.1. The Morgan fingerprint density at radius 1 is 1.19 bits per heavy atom. The molecule has 118 valence electrons. The van der Waals surface area contributed by atoms with Crippen LogP contribution in [0, 0.1) is 25.6 Å². The molecule has 0 aliphatic heterocycles. The van der Waals surface area contributed by atoms with E-state index in [4.69, 9.17) is 0 Å².